The minimum atomic E-state index is 0.218. The van der Waals surface area contributed by atoms with Gasteiger partial charge in [0.15, 0.2) is 0 Å². The Morgan fingerprint density at radius 3 is 2.96 bits per heavy atom. The number of amides is 1. The number of anilines is 1. The fourth-order valence-electron chi connectivity index (χ4n) is 3.67. The maximum Gasteiger partial charge on any atom is 0.222 e. The predicted octanol–water partition coefficient (Wildman–Crippen LogP) is 1.11. The van der Waals surface area contributed by atoms with Crippen molar-refractivity contribution in [1.29, 1.82) is 0 Å². The summed E-state index contributed by atoms with van der Waals surface area (Å²) in [6.45, 7) is 3.74. The molecule has 2 aromatic rings. The Morgan fingerprint density at radius 1 is 1.46 bits per heavy atom. The smallest absolute Gasteiger partial charge is 0.222 e. The highest BCUT2D eigenvalue weighted by molar-refractivity contribution is 7.09. The van der Waals surface area contributed by atoms with E-state index in [-0.39, 0.29) is 5.91 Å². The molecule has 1 amide bonds. The van der Waals surface area contributed by atoms with Gasteiger partial charge in [0.1, 0.15) is 5.82 Å². The number of rotatable bonds is 6. The topological polar surface area (TPSA) is 99.7 Å². The van der Waals surface area contributed by atoms with Crippen LogP contribution in [0.2, 0.25) is 0 Å². The number of nitrogens with zero attached hydrogens (tertiary/aromatic N) is 5. The van der Waals surface area contributed by atoms with E-state index in [1.807, 2.05) is 4.90 Å². The van der Waals surface area contributed by atoms with Crippen molar-refractivity contribution in [1.82, 2.24) is 29.7 Å². The van der Waals surface area contributed by atoms with E-state index in [0.29, 0.717) is 30.7 Å². The van der Waals surface area contributed by atoms with Crippen molar-refractivity contribution < 1.29 is 4.79 Å². The van der Waals surface area contributed by atoms with Crippen LogP contribution in [0, 0.1) is 11.8 Å². The summed E-state index contributed by atoms with van der Waals surface area (Å²) in [4.78, 5) is 18.9. The lowest BCUT2D eigenvalue weighted by molar-refractivity contribution is -0.138. The van der Waals surface area contributed by atoms with E-state index in [2.05, 4.69) is 37.0 Å². The second-order valence-electron chi connectivity index (χ2n) is 6.56. The number of fused-ring (bicyclic) bond motifs is 2. The summed E-state index contributed by atoms with van der Waals surface area (Å²) in [5.41, 5.74) is 0.841. The van der Waals surface area contributed by atoms with E-state index in [0.717, 1.165) is 36.2 Å². The second-order valence-corrected chi connectivity index (χ2v) is 7.31. The molecule has 1 saturated carbocycles. The Morgan fingerprint density at radius 2 is 2.29 bits per heavy atom. The zero-order chi connectivity index (χ0) is 16.5. The zero-order valence-corrected chi connectivity index (χ0v) is 14.4. The lowest BCUT2D eigenvalue weighted by atomic mass is 9.66. The number of carbonyl (C=O) groups is 1. The van der Waals surface area contributed by atoms with Gasteiger partial charge in [0, 0.05) is 49.9 Å². The summed E-state index contributed by atoms with van der Waals surface area (Å²) < 4.78 is 4.32. The number of aromatic amines is 1. The minimum absolute atomic E-state index is 0.218. The second kappa shape index (κ2) is 6.46. The van der Waals surface area contributed by atoms with Crippen LogP contribution in [0.15, 0.2) is 6.20 Å². The normalized spacial score (nSPS) is 25.4. The third kappa shape index (κ3) is 3.00. The Kier molecular flexibility index (Phi) is 4.17. The van der Waals surface area contributed by atoms with Crippen molar-refractivity contribution in [3.05, 3.63) is 17.7 Å². The number of H-pyrrole nitrogens is 1. The summed E-state index contributed by atoms with van der Waals surface area (Å²) in [5.74, 6) is 2.16. The number of hydrogen-bond acceptors (Lipinski definition) is 7. The van der Waals surface area contributed by atoms with Crippen LogP contribution >= 0.6 is 11.5 Å². The van der Waals surface area contributed by atoms with Crippen molar-refractivity contribution in [2.24, 2.45) is 11.8 Å². The summed E-state index contributed by atoms with van der Waals surface area (Å²) >= 11 is 1.44. The monoisotopic (exact) mass is 347 g/mol. The van der Waals surface area contributed by atoms with Crippen LogP contribution in [0.3, 0.4) is 0 Å². The average Bonchev–Trinajstić information content (AvgIpc) is 3.29. The first-order valence-electron chi connectivity index (χ1n) is 8.44. The molecule has 2 N–H and O–H groups in total. The van der Waals surface area contributed by atoms with Gasteiger partial charge >= 0.3 is 0 Å². The van der Waals surface area contributed by atoms with Gasteiger partial charge in [0.2, 0.25) is 11.0 Å². The maximum atomic E-state index is 12.4. The quantitative estimate of drug-likeness (QED) is 0.812. The molecule has 128 valence electrons. The van der Waals surface area contributed by atoms with Crippen LogP contribution < -0.4 is 5.32 Å². The van der Waals surface area contributed by atoms with Crippen molar-refractivity contribution in [2.75, 3.05) is 18.4 Å². The molecule has 3 aliphatic rings. The largest absolute Gasteiger partial charge is 0.357 e. The molecule has 2 aliphatic heterocycles. The highest BCUT2D eigenvalue weighted by atomic mass is 32.1. The van der Waals surface area contributed by atoms with Crippen LogP contribution in [-0.2, 0) is 17.6 Å². The lowest BCUT2D eigenvalue weighted by Crippen LogP contribution is -2.62. The number of hydrogen-bond donors (Lipinski definition) is 2. The molecule has 4 heterocycles. The van der Waals surface area contributed by atoms with Gasteiger partial charge in [0.25, 0.3) is 0 Å². The summed E-state index contributed by atoms with van der Waals surface area (Å²) in [7, 11) is 0. The first-order valence-corrected chi connectivity index (χ1v) is 9.21. The van der Waals surface area contributed by atoms with E-state index >= 15 is 0 Å². The number of aryl methyl sites for hydroxylation is 2. The summed E-state index contributed by atoms with van der Waals surface area (Å²) in [6, 6.07) is 0.433. The van der Waals surface area contributed by atoms with Gasteiger partial charge in [-0.05, 0) is 18.3 Å². The van der Waals surface area contributed by atoms with Gasteiger partial charge in [-0.2, -0.15) is 19.8 Å². The zero-order valence-electron chi connectivity index (χ0n) is 13.6. The van der Waals surface area contributed by atoms with Crippen LogP contribution in [0.5, 0.6) is 0 Å². The van der Waals surface area contributed by atoms with Gasteiger partial charge in [-0.15, -0.1) is 0 Å². The highest BCUT2D eigenvalue weighted by Gasteiger charge is 2.47. The van der Waals surface area contributed by atoms with E-state index in [9.17, 15) is 4.79 Å². The van der Waals surface area contributed by atoms with Gasteiger partial charge in [-0.25, -0.2) is 4.98 Å². The molecule has 24 heavy (non-hydrogen) atoms. The molecule has 1 aliphatic carbocycles. The first kappa shape index (κ1) is 15.5. The molecule has 2 bridgehead atoms. The van der Waals surface area contributed by atoms with E-state index in [1.54, 1.807) is 6.20 Å². The lowest BCUT2D eigenvalue weighted by Gasteiger charge is -2.53. The molecule has 8 nitrogen and oxygen atoms in total. The van der Waals surface area contributed by atoms with Crippen molar-refractivity contribution in [3.63, 3.8) is 0 Å². The first-order chi connectivity index (χ1) is 11.7. The Labute approximate surface area is 144 Å². The molecule has 2 unspecified atom stereocenters. The number of aromatic nitrogens is 5. The van der Waals surface area contributed by atoms with Crippen molar-refractivity contribution >= 4 is 22.6 Å². The van der Waals surface area contributed by atoms with Gasteiger partial charge in [-0.1, -0.05) is 6.92 Å². The summed E-state index contributed by atoms with van der Waals surface area (Å²) in [6.07, 6.45) is 4.88. The molecular weight excluding hydrogens is 326 g/mol. The Bertz CT molecular complexity index is 689. The molecule has 3 fully saturated rings. The predicted molar refractivity (Wildman–Crippen MR) is 89.6 cm³/mol. The van der Waals surface area contributed by atoms with E-state index < -0.39 is 0 Å². The molecule has 2 saturated heterocycles. The van der Waals surface area contributed by atoms with E-state index in [1.165, 1.54) is 18.0 Å². The highest BCUT2D eigenvalue weighted by Crippen LogP contribution is 2.42. The molecule has 2 aromatic heterocycles. The van der Waals surface area contributed by atoms with Gasteiger partial charge in [-0.3, -0.25) is 4.79 Å². The Balaban J connectivity index is 1.28. The summed E-state index contributed by atoms with van der Waals surface area (Å²) in [5, 5.41) is 14.8. The minimum Gasteiger partial charge on any atom is -0.357 e. The molecule has 9 heteroatoms. The van der Waals surface area contributed by atoms with Crippen LogP contribution in [-0.4, -0.2) is 54.7 Å². The fraction of sp³-hybridized carbons (Fsp3) is 0.667. The van der Waals surface area contributed by atoms with Crippen LogP contribution in [0.1, 0.15) is 31.3 Å². The van der Waals surface area contributed by atoms with E-state index in [4.69, 9.17) is 0 Å². The number of carbonyl (C=O) groups excluding carboxylic acids is 1. The molecule has 5 rings (SSSR count). The SMILES string of the molecule is CCc1nsc(NC2C3CC2CN(C(=O)CCc2cn[nH]n2)C3)n1. The standard InChI is InChI=1S/C15H21N7OS/c1-2-12-17-15(24-20-12)18-14-9-5-10(14)8-22(7-9)13(23)4-3-11-6-16-21-19-11/h6,9-10,14H,2-5,7-8H2,1H3,(H,16,19,21)(H,17,18,20). The molecule has 0 radical (unpaired) electrons. The van der Waals surface area contributed by atoms with Gasteiger partial charge < -0.3 is 10.2 Å². The van der Waals surface area contributed by atoms with Crippen molar-refractivity contribution in [3.8, 4) is 0 Å². The van der Waals surface area contributed by atoms with Crippen LogP contribution in [0.25, 0.3) is 0 Å². The third-order valence-electron chi connectivity index (χ3n) is 5.02. The average molecular weight is 347 g/mol. The number of nitrogens with one attached hydrogen (secondary N) is 2. The Hall–Kier alpha value is -2.03. The molecular formula is C15H21N7OS. The number of piperidine rings is 2. The van der Waals surface area contributed by atoms with Crippen molar-refractivity contribution in [2.45, 2.75) is 38.6 Å². The molecule has 0 aromatic carbocycles. The maximum absolute atomic E-state index is 12.4. The fourth-order valence-corrected chi connectivity index (χ4v) is 4.36. The third-order valence-corrected chi connectivity index (χ3v) is 5.70. The van der Waals surface area contributed by atoms with Gasteiger partial charge in [0.05, 0.1) is 11.9 Å². The molecule has 2 atom stereocenters. The molecule has 0 spiro atoms. The van der Waals surface area contributed by atoms with Crippen LogP contribution in [0.4, 0.5) is 5.13 Å².